The molecule has 0 unspecified atom stereocenters. The largest absolute Gasteiger partial charge is 0.478 e. The lowest BCUT2D eigenvalue weighted by Gasteiger charge is -2.26. The normalized spacial score (nSPS) is 11.9. The molecule has 0 bridgehead atoms. The lowest BCUT2D eigenvalue weighted by molar-refractivity contribution is 0.0684. The van der Waals surface area contributed by atoms with Crippen molar-refractivity contribution in [3.05, 3.63) is 55.6 Å². The third-order valence-electron chi connectivity index (χ3n) is 7.30. The van der Waals surface area contributed by atoms with Gasteiger partial charge in [-0.05, 0) is 132 Å². The maximum atomic E-state index is 12.2. The van der Waals surface area contributed by atoms with Crippen LogP contribution >= 0.6 is 0 Å². The minimum atomic E-state index is -0.912. The smallest absolute Gasteiger partial charge is 0.336 e. The molecule has 0 radical (unpaired) electrons. The van der Waals surface area contributed by atoms with Crippen LogP contribution in [0.3, 0.4) is 0 Å². The minimum absolute atomic E-state index is 0.366. The summed E-state index contributed by atoms with van der Waals surface area (Å²) in [6.07, 6.45) is 0. The van der Waals surface area contributed by atoms with Crippen LogP contribution in [0.1, 0.15) is 65.2 Å². The number of benzene rings is 4. The standard InChI is InChI=1S/C26H26O4/c1-9-10(2)18-14(6)22(26(29)30)16(8)20-12(4)11(3)19-15(7)21(25(27)28)13(5)17(9)23(19)24(18)20/h1-8H3,(H,27,28)(H,29,30). The van der Waals surface area contributed by atoms with Gasteiger partial charge in [-0.15, -0.1) is 0 Å². The van der Waals surface area contributed by atoms with Gasteiger partial charge in [-0.3, -0.25) is 0 Å². The molecule has 0 atom stereocenters. The van der Waals surface area contributed by atoms with E-state index in [2.05, 4.69) is 0 Å². The molecule has 4 heteroatoms. The first-order valence-electron chi connectivity index (χ1n) is 10.1. The van der Waals surface area contributed by atoms with Crippen molar-refractivity contribution in [2.75, 3.05) is 0 Å². The first-order valence-corrected chi connectivity index (χ1v) is 10.1. The molecule has 4 nitrogen and oxygen atoms in total. The van der Waals surface area contributed by atoms with Gasteiger partial charge >= 0.3 is 11.9 Å². The van der Waals surface area contributed by atoms with Gasteiger partial charge in [-0.2, -0.15) is 0 Å². The van der Waals surface area contributed by atoms with Crippen LogP contribution in [0.25, 0.3) is 32.3 Å². The molecule has 0 aliphatic carbocycles. The quantitative estimate of drug-likeness (QED) is 0.378. The van der Waals surface area contributed by atoms with Crippen LogP contribution in [0.4, 0.5) is 0 Å². The Balaban J connectivity index is 2.58. The van der Waals surface area contributed by atoms with Gasteiger partial charge in [0.25, 0.3) is 0 Å². The predicted octanol–water partition coefficient (Wildman–Crippen LogP) is 6.45. The maximum Gasteiger partial charge on any atom is 0.336 e. The Bertz CT molecular complexity index is 1250. The topological polar surface area (TPSA) is 74.6 Å². The Kier molecular flexibility index (Phi) is 4.15. The predicted molar refractivity (Wildman–Crippen MR) is 122 cm³/mol. The summed E-state index contributed by atoms with van der Waals surface area (Å²) in [6.45, 7) is 15.6. The number of hydrogen-bond donors (Lipinski definition) is 2. The molecule has 0 aromatic heterocycles. The van der Waals surface area contributed by atoms with E-state index in [4.69, 9.17) is 0 Å². The van der Waals surface area contributed by atoms with Crippen LogP contribution in [0.15, 0.2) is 0 Å². The number of hydrogen-bond acceptors (Lipinski definition) is 2. The van der Waals surface area contributed by atoms with Gasteiger partial charge in [0.2, 0.25) is 0 Å². The molecule has 0 amide bonds. The SMILES string of the molecule is Cc1c(C(=O)O)c(C)c2c(C)c(C)c3c(C)c(C(=O)O)c(C)c4c(C)c(C)c1c2c43. The van der Waals surface area contributed by atoms with Gasteiger partial charge in [0.15, 0.2) is 0 Å². The molecule has 154 valence electrons. The van der Waals surface area contributed by atoms with Crippen molar-refractivity contribution in [1.29, 1.82) is 0 Å². The monoisotopic (exact) mass is 402 g/mol. The van der Waals surface area contributed by atoms with Crippen molar-refractivity contribution in [1.82, 2.24) is 0 Å². The molecule has 2 N–H and O–H groups in total. The minimum Gasteiger partial charge on any atom is -0.478 e. The molecule has 0 saturated heterocycles. The van der Waals surface area contributed by atoms with E-state index in [1.807, 2.05) is 55.4 Å². The molecular formula is C26H26O4. The zero-order valence-electron chi connectivity index (χ0n) is 18.7. The van der Waals surface area contributed by atoms with Gasteiger partial charge in [0, 0.05) is 0 Å². The molecule has 4 aromatic carbocycles. The van der Waals surface area contributed by atoms with Gasteiger partial charge in [-0.1, -0.05) is 0 Å². The van der Waals surface area contributed by atoms with Gasteiger partial charge in [0.05, 0.1) is 11.1 Å². The highest BCUT2D eigenvalue weighted by Crippen LogP contribution is 2.48. The average Bonchev–Trinajstić information content (AvgIpc) is 2.63. The van der Waals surface area contributed by atoms with E-state index < -0.39 is 11.9 Å². The average molecular weight is 402 g/mol. The van der Waals surface area contributed by atoms with Crippen molar-refractivity contribution in [2.24, 2.45) is 0 Å². The Morgan fingerprint density at radius 2 is 0.600 bits per heavy atom. The van der Waals surface area contributed by atoms with E-state index in [1.165, 1.54) is 0 Å². The third kappa shape index (κ3) is 2.16. The lowest BCUT2D eigenvalue weighted by Crippen LogP contribution is -2.11. The fraction of sp³-hybridized carbons (Fsp3) is 0.308. The summed E-state index contributed by atoms with van der Waals surface area (Å²) in [5.41, 5.74) is 7.89. The van der Waals surface area contributed by atoms with Crippen molar-refractivity contribution >= 4 is 44.3 Å². The van der Waals surface area contributed by atoms with Crippen LogP contribution in [0, 0.1) is 55.4 Å². The molecule has 4 aromatic rings. The second-order valence-electron chi connectivity index (χ2n) is 8.61. The Morgan fingerprint density at radius 1 is 0.400 bits per heavy atom. The number of rotatable bonds is 2. The van der Waals surface area contributed by atoms with Crippen LogP contribution in [-0.2, 0) is 0 Å². The summed E-state index contributed by atoms with van der Waals surface area (Å²) in [7, 11) is 0. The summed E-state index contributed by atoms with van der Waals surface area (Å²) in [6, 6.07) is 0. The van der Waals surface area contributed by atoms with Gasteiger partial charge < -0.3 is 10.2 Å². The zero-order chi connectivity index (χ0) is 22.4. The zero-order valence-corrected chi connectivity index (χ0v) is 18.7. The highest BCUT2D eigenvalue weighted by Gasteiger charge is 2.28. The molecule has 0 aliphatic heterocycles. The van der Waals surface area contributed by atoms with Crippen molar-refractivity contribution in [2.45, 2.75) is 55.4 Å². The number of aryl methyl sites for hydroxylation is 8. The van der Waals surface area contributed by atoms with Crippen LogP contribution in [0.2, 0.25) is 0 Å². The Hall–Kier alpha value is -3.14. The Morgan fingerprint density at radius 3 is 0.767 bits per heavy atom. The van der Waals surface area contributed by atoms with E-state index in [-0.39, 0.29) is 0 Å². The third-order valence-corrected chi connectivity index (χ3v) is 7.30. The van der Waals surface area contributed by atoms with E-state index in [0.29, 0.717) is 11.1 Å². The number of aromatic carboxylic acids is 2. The molecule has 0 spiro atoms. The van der Waals surface area contributed by atoms with Gasteiger partial charge in [0.1, 0.15) is 0 Å². The molecule has 4 rings (SSSR count). The molecule has 0 aliphatic rings. The molecule has 0 heterocycles. The highest BCUT2D eigenvalue weighted by molar-refractivity contribution is 6.31. The molecular weight excluding hydrogens is 376 g/mol. The van der Waals surface area contributed by atoms with Crippen LogP contribution in [0.5, 0.6) is 0 Å². The molecule has 0 fully saturated rings. The first-order chi connectivity index (χ1) is 13.9. The summed E-state index contributed by atoms with van der Waals surface area (Å²) >= 11 is 0. The van der Waals surface area contributed by atoms with E-state index in [0.717, 1.165) is 76.8 Å². The number of carboxylic acid groups (broad SMARTS) is 2. The second-order valence-corrected chi connectivity index (χ2v) is 8.61. The van der Waals surface area contributed by atoms with E-state index in [9.17, 15) is 19.8 Å². The van der Waals surface area contributed by atoms with Crippen LogP contribution in [-0.4, -0.2) is 22.2 Å². The van der Waals surface area contributed by atoms with E-state index >= 15 is 0 Å². The fourth-order valence-corrected chi connectivity index (χ4v) is 5.83. The summed E-state index contributed by atoms with van der Waals surface area (Å²) in [5, 5.41) is 26.0. The summed E-state index contributed by atoms with van der Waals surface area (Å²) < 4.78 is 0. The summed E-state index contributed by atoms with van der Waals surface area (Å²) in [5.74, 6) is -1.82. The lowest BCUT2D eigenvalue weighted by atomic mass is 9.76. The first kappa shape index (κ1) is 20.1. The number of carboxylic acids is 2. The Labute approximate surface area is 175 Å². The van der Waals surface area contributed by atoms with Gasteiger partial charge in [-0.25, -0.2) is 9.59 Å². The second kappa shape index (κ2) is 6.18. The fourth-order valence-electron chi connectivity index (χ4n) is 5.83. The van der Waals surface area contributed by atoms with Crippen molar-refractivity contribution in [3.8, 4) is 0 Å². The molecule has 0 saturated carbocycles. The van der Waals surface area contributed by atoms with E-state index in [1.54, 1.807) is 0 Å². The van der Waals surface area contributed by atoms with Crippen molar-refractivity contribution in [3.63, 3.8) is 0 Å². The molecule has 30 heavy (non-hydrogen) atoms. The van der Waals surface area contributed by atoms with Crippen LogP contribution < -0.4 is 0 Å². The highest BCUT2D eigenvalue weighted by atomic mass is 16.4. The number of carbonyl (C=O) groups is 2. The summed E-state index contributed by atoms with van der Waals surface area (Å²) in [4.78, 5) is 24.3. The van der Waals surface area contributed by atoms with Crippen molar-refractivity contribution < 1.29 is 19.8 Å². The maximum absolute atomic E-state index is 12.2.